The molecule has 2 nitrogen and oxygen atoms in total. The van der Waals surface area contributed by atoms with Gasteiger partial charge in [-0.25, -0.2) is 4.39 Å². The number of hydrogen-bond donors (Lipinski definition) is 1. The predicted octanol–water partition coefficient (Wildman–Crippen LogP) is 1.44. The molecule has 1 aliphatic heterocycles. The van der Waals surface area contributed by atoms with Gasteiger partial charge in [-0.15, -0.1) is 0 Å². The van der Waals surface area contributed by atoms with Crippen LogP contribution in [0.15, 0.2) is 23.0 Å². The molecule has 1 N–H and O–H groups in total. The van der Waals surface area contributed by atoms with Crippen LogP contribution < -0.4 is 5.32 Å². The zero-order valence-corrected chi connectivity index (χ0v) is 6.14. The average Bonchev–Trinajstić information content (AvgIpc) is 2.55. The minimum absolute atomic E-state index is 0.409. The Bertz CT molecular complexity index is 226. The molecule has 60 valence electrons. The topological polar surface area (TPSA) is 25.2 Å². The minimum Gasteiger partial charge on any atom is -0.472 e. The van der Waals surface area contributed by atoms with Gasteiger partial charge in [-0.1, -0.05) is 0 Å². The summed E-state index contributed by atoms with van der Waals surface area (Å²) in [6.45, 7) is 1.16. The van der Waals surface area contributed by atoms with E-state index in [1.165, 1.54) is 12.5 Å². The lowest BCUT2D eigenvalue weighted by Gasteiger charge is -2.14. The number of hydrogen-bond acceptors (Lipinski definition) is 2. The number of nitrogens with one attached hydrogen (secondary N) is 1. The van der Waals surface area contributed by atoms with Gasteiger partial charge in [-0.2, -0.15) is 0 Å². The Morgan fingerprint density at radius 3 is 3.09 bits per heavy atom. The second kappa shape index (κ2) is 2.34. The monoisotopic (exact) mass is 155 g/mol. The number of furan rings is 1. The second-order valence-electron chi connectivity index (χ2n) is 2.90. The van der Waals surface area contributed by atoms with Crippen molar-refractivity contribution in [1.82, 2.24) is 5.32 Å². The lowest BCUT2D eigenvalue weighted by Crippen LogP contribution is -2.22. The fourth-order valence-corrected chi connectivity index (χ4v) is 1.43. The molecule has 2 rings (SSSR count). The van der Waals surface area contributed by atoms with Gasteiger partial charge in [0.2, 0.25) is 0 Å². The van der Waals surface area contributed by atoms with E-state index in [1.807, 2.05) is 0 Å². The highest BCUT2D eigenvalue weighted by atomic mass is 19.1. The molecule has 0 aromatic carbocycles. The molecule has 1 saturated heterocycles. The Kier molecular flexibility index (Phi) is 1.46. The van der Waals surface area contributed by atoms with Crippen LogP contribution >= 0.6 is 0 Å². The van der Waals surface area contributed by atoms with Crippen LogP contribution in [0.4, 0.5) is 4.39 Å². The smallest absolute Gasteiger partial charge is 0.152 e. The maximum atomic E-state index is 13.8. The standard InChI is InChI=1S/C8H10FNO/c9-8(2-3-10-6-8)7-1-4-11-5-7/h1,4-5,10H,2-3,6H2. The van der Waals surface area contributed by atoms with Gasteiger partial charge in [0, 0.05) is 12.1 Å². The highest BCUT2D eigenvalue weighted by Gasteiger charge is 2.36. The molecule has 0 saturated carbocycles. The van der Waals surface area contributed by atoms with E-state index in [1.54, 1.807) is 6.07 Å². The van der Waals surface area contributed by atoms with Crippen molar-refractivity contribution in [3.05, 3.63) is 24.2 Å². The molecule has 11 heavy (non-hydrogen) atoms. The number of rotatable bonds is 1. The van der Waals surface area contributed by atoms with E-state index in [4.69, 9.17) is 4.42 Å². The largest absolute Gasteiger partial charge is 0.472 e. The molecular formula is C8H10FNO. The van der Waals surface area contributed by atoms with Crippen molar-refractivity contribution in [1.29, 1.82) is 0 Å². The van der Waals surface area contributed by atoms with Crippen LogP contribution in [0.3, 0.4) is 0 Å². The van der Waals surface area contributed by atoms with E-state index in [9.17, 15) is 4.39 Å². The summed E-state index contributed by atoms with van der Waals surface area (Å²) in [5.41, 5.74) is -0.532. The zero-order chi connectivity index (χ0) is 7.73. The quantitative estimate of drug-likeness (QED) is 0.663. The van der Waals surface area contributed by atoms with Crippen LogP contribution in [0.5, 0.6) is 0 Å². The molecule has 0 bridgehead atoms. The number of halogens is 1. The maximum absolute atomic E-state index is 13.8. The Hall–Kier alpha value is -0.830. The Labute approximate surface area is 64.4 Å². The van der Waals surface area contributed by atoms with Gasteiger partial charge in [-0.3, -0.25) is 0 Å². The molecule has 0 radical (unpaired) electrons. The third-order valence-corrected chi connectivity index (χ3v) is 2.14. The van der Waals surface area contributed by atoms with Crippen molar-refractivity contribution in [2.24, 2.45) is 0 Å². The van der Waals surface area contributed by atoms with Crippen molar-refractivity contribution in [2.45, 2.75) is 12.1 Å². The molecular weight excluding hydrogens is 145 g/mol. The van der Waals surface area contributed by atoms with Crippen molar-refractivity contribution in [2.75, 3.05) is 13.1 Å². The average molecular weight is 155 g/mol. The van der Waals surface area contributed by atoms with Gasteiger partial charge < -0.3 is 9.73 Å². The fourth-order valence-electron chi connectivity index (χ4n) is 1.43. The molecule has 2 heterocycles. The Morgan fingerprint density at radius 1 is 1.64 bits per heavy atom. The molecule has 1 unspecified atom stereocenters. The first-order valence-electron chi connectivity index (χ1n) is 3.74. The molecule has 1 aromatic heterocycles. The molecule has 3 heteroatoms. The van der Waals surface area contributed by atoms with E-state index in [-0.39, 0.29) is 0 Å². The van der Waals surface area contributed by atoms with Crippen molar-refractivity contribution in [3.8, 4) is 0 Å². The first-order valence-corrected chi connectivity index (χ1v) is 3.74. The van der Waals surface area contributed by atoms with Crippen LogP contribution in [-0.4, -0.2) is 13.1 Å². The molecule has 1 atom stereocenters. The predicted molar refractivity (Wildman–Crippen MR) is 39.0 cm³/mol. The summed E-state index contributed by atoms with van der Waals surface area (Å²) in [5.74, 6) is 0. The summed E-state index contributed by atoms with van der Waals surface area (Å²) >= 11 is 0. The fraction of sp³-hybridized carbons (Fsp3) is 0.500. The van der Waals surface area contributed by atoms with E-state index >= 15 is 0 Å². The van der Waals surface area contributed by atoms with Gasteiger partial charge in [-0.05, 0) is 19.0 Å². The summed E-state index contributed by atoms with van der Waals surface area (Å²) in [7, 11) is 0. The van der Waals surface area contributed by atoms with E-state index in [2.05, 4.69) is 5.32 Å². The highest BCUT2D eigenvalue weighted by Crippen LogP contribution is 2.32. The SMILES string of the molecule is FC1(c2ccoc2)CCNC1. The van der Waals surface area contributed by atoms with Gasteiger partial charge in [0.25, 0.3) is 0 Å². The zero-order valence-electron chi connectivity index (χ0n) is 6.14. The lowest BCUT2D eigenvalue weighted by molar-refractivity contribution is 0.192. The van der Waals surface area contributed by atoms with Crippen LogP contribution in [-0.2, 0) is 5.67 Å². The van der Waals surface area contributed by atoms with Gasteiger partial charge in [0.1, 0.15) is 0 Å². The number of alkyl halides is 1. The van der Waals surface area contributed by atoms with Crippen molar-refractivity contribution in [3.63, 3.8) is 0 Å². The molecule has 0 aliphatic carbocycles. The molecule has 0 amide bonds. The first kappa shape index (κ1) is 6.85. The molecule has 1 aliphatic rings. The molecule has 0 spiro atoms. The Balaban J connectivity index is 2.27. The highest BCUT2D eigenvalue weighted by molar-refractivity contribution is 5.18. The Morgan fingerprint density at radius 2 is 2.55 bits per heavy atom. The third kappa shape index (κ3) is 1.05. The normalized spacial score (nSPS) is 31.0. The second-order valence-corrected chi connectivity index (χ2v) is 2.90. The van der Waals surface area contributed by atoms with E-state index in [0.717, 1.165) is 6.54 Å². The molecule has 1 aromatic rings. The van der Waals surface area contributed by atoms with E-state index < -0.39 is 5.67 Å². The third-order valence-electron chi connectivity index (χ3n) is 2.14. The summed E-state index contributed by atoms with van der Waals surface area (Å²) < 4.78 is 18.6. The van der Waals surface area contributed by atoms with Crippen LogP contribution in [0.2, 0.25) is 0 Å². The summed E-state index contributed by atoms with van der Waals surface area (Å²) in [6, 6.07) is 1.69. The van der Waals surface area contributed by atoms with Crippen LogP contribution in [0.25, 0.3) is 0 Å². The summed E-state index contributed by atoms with van der Waals surface area (Å²) in [4.78, 5) is 0. The van der Waals surface area contributed by atoms with Crippen molar-refractivity contribution < 1.29 is 8.81 Å². The van der Waals surface area contributed by atoms with Crippen LogP contribution in [0, 0.1) is 0 Å². The van der Waals surface area contributed by atoms with Crippen LogP contribution in [0.1, 0.15) is 12.0 Å². The first-order chi connectivity index (χ1) is 5.31. The van der Waals surface area contributed by atoms with E-state index in [0.29, 0.717) is 18.5 Å². The molecule has 1 fully saturated rings. The summed E-state index contributed by atoms with van der Waals surface area (Å²) in [5, 5.41) is 2.98. The van der Waals surface area contributed by atoms with Crippen molar-refractivity contribution >= 4 is 0 Å². The summed E-state index contributed by atoms with van der Waals surface area (Å²) in [6.07, 6.45) is 3.54. The van der Waals surface area contributed by atoms with Gasteiger partial charge in [0.15, 0.2) is 5.67 Å². The minimum atomic E-state index is -1.19. The van der Waals surface area contributed by atoms with Gasteiger partial charge >= 0.3 is 0 Å². The maximum Gasteiger partial charge on any atom is 0.152 e. The lowest BCUT2D eigenvalue weighted by atomic mass is 9.98. The van der Waals surface area contributed by atoms with Gasteiger partial charge in [0.05, 0.1) is 12.5 Å².